The standard InChI is InChI=1S/C26H26N8O4S2/c1-4-38-24(35)21-16(2)30-26(39-21)33-25-31-22(28-13-18-6-5-11-27-12-18)20-23(32-25)34(15-29-20)14-17-7-9-19(10-8-17)40(3,36)37/h5-12,15H,4,13-14H2,1-3H3,(H2,28,30,31,32,33). The number of hydrogen-bond donors (Lipinski definition) is 2. The molecule has 0 bridgehead atoms. The highest BCUT2D eigenvalue weighted by atomic mass is 32.2. The van der Waals surface area contributed by atoms with Crippen LogP contribution < -0.4 is 10.6 Å². The fourth-order valence-electron chi connectivity index (χ4n) is 3.90. The average Bonchev–Trinajstić information content (AvgIpc) is 3.50. The second-order valence-corrected chi connectivity index (χ2v) is 11.9. The molecule has 0 saturated heterocycles. The van der Waals surface area contributed by atoms with Crippen LogP contribution in [0, 0.1) is 6.92 Å². The third-order valence-corrected chi connectivity index (χ3v) is 8.01. The number of imidazole rings is 1. The first-order valence-electron chi connectivity index (χ1n) is 12.3. The van der Waals surface area contributed by atoms with Crippen LogP contribution in [-0.2, 0) is 27.7 Å². The molecule has 0 amide bonds. The zero-order chi connectivity index (χ0) is 28.3. The van der Waals surface area contributed by atoms with Gasteiger partial charge in [0.05, 0.1) is 30.1 Å². The maximum Gasteiger partial charge on any atom is 0.350 e. The van der Waals surface area contributed by atoms with Crippen molar-refractivity contribution in [3.63, 3.8) is 0 Å². The lowest BCUT2D eigenvalue weighted by molar-refractivity contribution is 0.0531. The first-order chi connectivity index (χ1) is 19.2. The third kappa shape index (κ3) is 6.07. The van der Waals surface area contributed by atoms with Crippen molar-refractivity contribution in [1.29, 1.82) is 0 Å². The number of ether oxygens (including phenoxy) is 1. The smallest absolute Gasteiger partial charge is 0.350 e. The van der Waals surface area contributed by atoms with Gasteiger partial charge in [-0.1, -0.05) is 29.5 Å². The van der Waals surface area contributed by atoms with E-state index in [1.54, 1.807) is 56.8 Å². The van der Waals surface area contributed by atoms with E-state index in [4.69, 9.17) is 9.72 Å². The van der Waals surface area contributed by atoms with Crippen LogP contribution in [-0.4, -0.2) is 56.7 Å². The average molecular weight is 579 g/mol. The van der Waals surface area contributed by atoms with E-state index >= 15 is 0 Å². The van der Waals surface area contributed by atoms with Gasteiger partial charge in [-0.05, 0) is 43.2 Å². The molecule has 40 heavy (non-hydrogen) atoms. The molecule has 0 radical (unpaired) electrons. The van der Waals surface area contributed by atoms with Crippen molar-refractivity contribution in [1.82, 2.24) is 29.5 Å². The van der Waals surface area contributed by atoms with Gasteiger partial charge in [-0.25, -0.2) is 23.2 Å². The number of pyridine rings is 1. The summed E-state index contributed by atoms with van der Waals surface area (Å²) >= 11 is 1.16. The molecule has 1 aromatic carbocycles. The number of fused-ring (bicyclic) bond motifs is 1. The quantitative estimate of drug-likeness (QED) is 0.231. The van der Waals surface area contributed by atoms with Crippen LogP contribution in [0.1, 0.15) is 33.4 Å². The molecule has 0 unspecified atom stereocenters. The van der Waals surface area contributed by atoms with Gasteiger partial charge in [0, 0.05) is 25.2 Å². The van der Waals surface area contributed by atoms with E-state index in [9.17, 15) is 13.2 Å². The van der Waals surface area contributed by atoms with Gasteiger partial charge in [0.25, 0.3) is 0 Å². The first-order valence-corrected chi connectivity index (χ1v) is 15.0. The van der Waals surface area contributed by atoms with Crippen molar-refractivity contribution in [3.05, 3.63) is 76.8 Å². The van der Waals surface area contributed by atoms with Crippen LogP contribution in [0.5, 0.6) is 0 Å². The molecule has 0 fully saturated rings. The molecular formula is C26H26N8O4S2. The minimum atomic E-state index is -3.29. The second kappa shape index (κ2) is 11.4. The maximum absolute atomic E-state index is 12.3. The number of rotatable bonds is 10. The van der Waals surface area contributed by atoms with Crippen LogP contribution in [0.25, 0.3) is 11.2 Å². The maximum atomic E-state index is 12.3. The normalized spacial score (nSPS) is 11.5. The summed E-state index contributed by atoms with van der Waals surface area (Å²) in [7, 11) is -3.29. The number of esters is 1. The topological polar surface area (TPSA) is 154 Å². The van der Waals surface area contributed by atoms with E-state index in [0.29, 0.717) is 45.8 Å². The molecule has 2 N–H and O–H groups in total. The number of aryl methyl sites for hydroxylation is 1. The molecule has 4 heterocycles. The molecule has 14 heteroatoms. The predicted molar refractivity (Wildman–Crippen MR) is 152 cm³/mol. The Kier molecular flexibility index (Phi) is 7.71. The van der Waals surface area contributed by atoms with Gasteiger partial charge in [0.2, 0.25) is 5.95 Å². The number of benzene rings is 1. The third-order valence-electron chi connectivity index (χ3n) is 5.83. The summed E-state index contributed by atoms with van der Waals surface area (Å²) in [6.07, 6.45) is 6.31. The van der Waals surface area contributed by atoms with E-state index in [2.05, 4.69) is 30.6 Å². The number of anilines is 3. The van der Waals surface area contributed by atoms with Gasteiger partial charge in [-0.2, -0.15) is 9.97 Å². The highest BCUT2D eigenvalue weighted by molar-refractivity contribution is 7.90. The van der Waals surface area contributed by atoms with Gasteiger partial charge in [0.1, 0.15) is 4.88 Å². The lowest BCUT2D eigenvalue weighted by atomic mass is 10.2. The Balaban J connectivity index is 1.49. The molecule has 0 saturated carbocycles. The monoisotopic (exact) mass is 578 g/mol. The first kappa shape index (κ1) is 27.1. The van der Waals surface area contributed by atoms with E-state index < -0.39 is 15.8 Å². The highest BCUT2D eigenvalue weighted by Gasteiger charge is 2.19. The Morgan fingerprint density at radius 3 is 2.60 bits per heavy atom. The fourth-order valence-corrected chi connectivity index (χ4v) is 5.38. The van der Waals surface area contributed by atoms with Crippen LogP contribution in [0.15, 0.2) is 60.0 Å². The Morgan fingerprint density at radius 2 is 1.90 bits per heavy atom. The number of aromatic nitrogens is 6. The number of carbonyl (C=O) groups is 1. The Bertz CT molecular complexity index is 1770. The molecule has 206 valence electrons. The van der Waals surface area contributed by atoms with E-state index in [1.165, 1.54) is 6.26 Å². The molecule has 0 aliphatic rings. The summed E-state index contributed by atoms with van der Waals surface area (Å²) < 4.78 is 30.6. The highest BCUT2D eigenvalue weighted by Crippen LogP contribution is 2.28. The number of hydrogen-bond acceptors (Lipinski definition) is 12. The number of nitrogens with one attached hydrogen (secondary N) is 2. The molecule has 5 rings (SSSR count). The van der Waals surface area contributed by atoms with Gasteiger partial charge in [-0.15, -0.1) is 0 Å². The summed E-state index contributed by atoms with van der Waals surface area (Å²) in [5.74, 6) is 0.335. The largest absolute Gasteiger partial charge is 0.462 e. The Morgan fingerprint density at radius 1 is 1.10 bits per heavy atom. The molecule has 4 aromatic heterocycles. The zero-order valence-corrected chi connectivity index (χ0v) is 23.6. The molecule has 0 atom stereocenters. The number of sulfone groups is 1. The van der Waals surface area contributed by atoms with E-state index in [1.807, 2.05) is 16.7 Å². The van der Waals surface area contributed by atoms with Crippen LogP contribution in [0.3, 0.4) is 0 Å². The lowest BCUT2D eigenvalue weighted by Crippen LogP contribution is -2.07. The minimum Gasteiger partial charge on any atom is -0.462 e. The van der Waals surface area contributed by atoms with Gasteiger partial charge in [-0.3, -0.25) is 10.3 Å². The molecule has 0 aliphatic heterocycles. The fraction of sp³-hybridized carbons (Fsp3) is 0.231. The minimum absolute atomic E-state index is 0.253. The number of thiazole rings is 1. The summed E-state index contributed by atoms with van der Waals surface area (Å²) in [5.41, 5.74) is 3.50. The van der Waals surface area contributed by atoms with Gasteiger partial charge >= 0.3 is 5.97 Å². The van der Waals surface area contributed by atoms with E-state index in [-0.39, 0.29) is 17.5 Å². The summed E-state index contributed by atoms with van der Waals surface area (Å²) in [4.78, 5) is 35.4. The van der Waals surface area contributed by atoms with Crippen molar-refractivity contribution < 1.29 is 17.9 Å². The van der Waals surface area contributed by atoms with Crippen molar-refractivity contribution >= 4 is 55.2 Å². The Labute approximate surface area is 234 Å². The van der Waals surface area contributed by atoms with Crippen molar-refractivity contribution in [2.45, 2.75) is 31.8 Å². The summed E-state index contributed by atoms with van der Waals surface area (Å²) in [6.45, 7) is 4.62. The zero-order valence-electron chi connectivity index (χ0n) is 22.0. The number of carbonyl (C=O) groups excluding carboxylic acids is 1. The van der Waals surface area contributed by atoms with Crippen LogP contribution >= 0.6 is 11.3 Å². The summed E-state index contributed by atoms with van der Waals surface area (Å²) in [6, 6.07) is 10.5. The summed E-state index contributed by atoms with van der Waals surface area (Å²) in [5, 5.41) is 6.88. The van der Waals surface area contributed by atoms with Crippen molar-refractivity contribution in [2.24, 2.45) is 0 Å². The van der Waals surface area contributed by atoms with Gasteiger partial charge in [0.15, 0.2) is 32.0 Å². The molecule has 5 aromatic rings. The molecule has 0 spiro atoms. The predicted octanol–water partition coefficient (Wildman–Crippen LogP) is 3.97. The van der Waals surface area contributed by atoms with E-state index in [0.717, 1.165) is 22.5 Å². The van der Waals surface area contributed by atoms with Crippen molar-refractivity contribution in [2.75, 3.05) is 23.5 Å². The molecular weight excluding hydrogens is 552 g/mol. The van der Waals surface area contributed by atoms with Crippen molar-refractivity contribution in [3.8, 4) is 0 Å². The van der Waals surface area contributed by atoms with Gasteiger partial charge < -0.3 is 14.6 Å². The second-order valence-electron chi connectivity index (χ2n) is 8.85. The van der Waals surface area contributed by atoms with Crippen LogP contribution in [0.4, 0.5) is 16.9 Å². The molecule has 12 nitrogen and oxygen atoms in total. The number of nitrogens with zero attached hydrogens (tertiary/aromatic N) is 6. The SMILES string of the molecule is CCOC(=O)c1sc(Nc2nc(NCc3cccnc3)c3ncn(Cc4ccc(S(C)(=O)=O)cc4)c3n2)nc1C. The Hall–Kier alpha value is -4.43. The van der Waals surface area contributed by atoms with Crippen LogP contribution in [0.2, 0.25) is 0 Å². The lowest BCUT2D eigenvalue weighted by Gasteiger charge is -2.10. The molecule has 0 aliphatic carbocycles.